The summed E-state index contributed by atoms with van der Waals surface area (Å²) in [4.78, 5) is 16.0. The first kappa shape index (κ1) is 18.8. The quantitative estimate of drug-likeness (QED) is 0.146. The maximum Gasteiger partial charge on any atom is 0.380 e. The van der Waals surface area contributed by atoms with Gasteiger partial charge in [-0.3, -0.25) is 0 Å². The van der Waals surface area contributed by atoms with Crippen molar-refractivity contribution in [2.24, 2.45) is 0 Å². The molecule has 0 aliphatic carbocycles. The smallest absolute Gasteiger partial charge is 0.380 e. The fourth-order valence-corrected chi connectivity index (χ4v) is 5.63. The lowest BCUT2D eigenvalue weighted by atomic mass is 10.3. The minimum absolute atomic E-state index is 0.223. The minimum Gasteiger partial charge on any atom is -0.456 e. The first-order valence-corrected chi connectivity index (χ1v) is 11.1. The first-order chi connectivity index (χ1) is 13.7. The summed E-state index contributed by atoms with van der Waals surface area (Å²) < 4.78 is 11.4. The largest absolute Gasteiger partial charge is 0.456 e. The van der Waals surface area contributed by atoms with Gasteiger partial charge in [0.2, 0.25) is 5.76 Å². The summed E-state index contributed by atoms with van der Waals surface area (Å²) in [5, 5.41) is 0. The van der Waals surface area contributed by atoms with Gasteiger partial charge in [0, 0.05) is 0 Å². The van der Waals surface area contributed by atoms with Crippen molar-refractivity contribution in [3.05, 3.63) is 107 Å². The number of esters is 1. The van der Waals surface area contributed by atoms with Gasteiger partial charge in [0.05, 0.1) is 9.83 Å². The Hall–Kier alpha value is -2.51. The number of furan rings is 1. The minimum atomic E-state index is -0.680. The van der Waals surface area contributed by atoms with Gasteiger partial charge in [-0.15, -0.1) is 0 Å². The molecule has 1 heterocycles. The summed E-state index contributed by atoms with van der Waals surface area (Å²) in [5.41, 5.74) is 0. The second kappa shape index (κ2) is 8.67. The van der Waals surface area contributed by atoms with Crippen molar-refractivity contribution >= 4 is 39.5 Å². The molecule has 1 aromatic heterocycles. The molecule has 0 fully saturated rings. The van der Waals surface area contributed by atoms with E-state index in [1.54, 1.807) is 6.07 Å². The van der Waals surface area contributed by atoms with E-state index in [9.17, 15) is 4.79 Å². The van der Waals surface area contributed by atoms with Crippen LogP contribution in [-0.2, 0) is 0 Å². The van der Waals surface area contributed by atoms with E-state index in [0.717, 1.165) is 3.57 Å². The molecule has 4 aromatic rings. The molecular weight excluding hydrogens is 483 g/mol. The molecule has 0 spiro atoms. The van der Waals surface area contributed by atoms with Gasteiger partial charge in [0.1, 0.15) is 5.75 Å². The van der Waals surface area contributed by atoms with Crippen LogP contribution in [0.2, 0.25) is 0 Å². The van der Waals surface area contributed by atoms with Gasteiger partial charge in [0.15, 0.2) is 0 Å². The van der Waals surface area contributed by atoms with Crippen molar-refractivity contribution < 1.29 is 13.9 Å². The van der Waals surface area contributed by atoms with Crippen LogP contribution in [0, 0.1) is 3.57 Å². The van der Waals surface area contributed by atoms with Gasteiger partial charge in [-0.1, -0.05) is 36.4 Å². The second-order valence-electron chi connectivity index (χ2n) is 5.99. The molecule has 140 valence electrons. The highest BCUT2D eigenvalue weighted by molar-refractivity contribution is 14.1. The van der Waals surface area contributed by atoms with E-state index >= 15 is 0 Å². The fourth-order valence-electron chi connectivity index (χ4n) is 2.86. The third kappa shape index (κ3) is 4.15. The third-order valence-electron chi connectivity index (χ3n) is 4.14. The highest BCUT2D eigenvalue weighted by Crippen LogP contribution is 2.51. The molecule has 3 nitrogen and oxygen atoms in total. The van der Waals surface area contributed by atoms with Crippen molar-refractivity contribution in [1.29, 1.82) is 0 Å². The molecular formula is C23H17IO3S. The Bertz CT molecular complexity index is 1020. The van der Waals surface area contributed by atoms with Gasteiger partial charge in [-0.2, -0.15) is 10.9 Å². The predicted molar refractivity (Wildman–Crippen MR) is 119 cm³/mol. The molecule has 28 heavy (non-hydrogen) atoms. The normalized spacial score (nSPS) is 11.1. The van der Waals surface area contributed by atoms with Crippen molar-refractivity contribution in [3.63, 3.8) is 0 Å². The molecule has 0 unspecified atom stereocenters. The molecule has 0 amide bonds. The maximum absolute atomic E-state index is 12.2. The lowest BCUT2D eigenvalue weighted by molar-refractivity contribution is 0.0700. The van der Waals surface area contributed by atoms with Crippen LogP contribution in [0.3, 0.4) is 0 Å². The lowest BCUT2D eigenvalue weighted by Crippen LogP contribution is -2.08. The van der Waals surface area contributed by atoms with Crippen LogP contribution in [0.5, 0.6) is 5.75 Å². The number of carbonyl (C=O) groups is 1. The zero-order valence-electron chi connectivity index (χ0n) is 14.8. The Kier molecular flexibility index (Phi) is 5.83. The second-order valence-corrected chi connectivity index (χ2v) is 9.37. The number of benzene rings is 3. The van der Waals surface area contributed by atoms with Gasteiger partial charge in [-0.05, 0) is 91.9 Å². The monoisotopic (exact) mass is 500 g/mol. The molecule has 0 bridgehead atoms. The third-order valence-corrected chi connectivity index (χ3v) is 7.43. The highest BCUT2D eigenvalue weighted by atomic mass is 127. The number of ether oxygens (including phenoxy) is 1. The Morgan fingerprint density at radius 2 is 1.29 bits per heavy atom. The van der Waals surface area contributed by atoms with Gasteiger partial charge >= 0.3 is 5.97 Å². The van der Waals surface area contributed by atoms with Gasteiger partial charge in [-0.25, -0.2) is 4.79 Å². The number of halogens is 1. The molecule has 0 saturated carbocycles. The zero-order valence-corrected chi connectivity index (χ0v) is 17.8. The fraction of sp³-hybridized carbons (Fsp3) is 0. The molecule has 0 N–H and O–H groups in total. The van der Waals surface area contributed by atoms with Crippen LogP contribution in [-0.4, -0.2) is 5.97 Å². The predicted octanol–water partition coefficient (Wildman–Crippen LogP) is 6.58. The number of thiol groups is 1. The Balaban J connectivity index is 1.62. The molecule has 4 rings (SSSR count). The number of rotatable bonds is 5. The molecule has 0 aliphatic heterocycles. The van der Waals surface area contributed by atoms with Crippen LogP contribution in [0.25, 0.3) is 0 Å². The van der Waals surface area contributed by atoms with E-state index in [1.807, 2.05) is 59.0 Å². The summed E-state index contributed by atoms with van der Waals surface area (Å²) in [5.74, 6) is 0.230. The van der Waals surface area contributed by atoms with E-state index in [-0.39, 0.29) is 5.76 Å². The average Bonchev–Trinajstić information content (AvgIpc) is 3.17. The van der Waals surface area contributed by atoms with E-state index < -0.39 is 16.9 Å². The van der Waals surface area contributed by atoms with E-state index in [2.05, 4.69) is 48.5 Å². The summed E-state index contributed by atoms with van der Waals surface area (Å²) in [7, 11) is -0.680. The number of carbonyl (C=O) groups excluding carboxylic acids is 1. The average molecular weight is 500 g/mol. The Morgan fingerprint density at radius 3 is 1.79 bits per heavy atom. The molecule has 0 radical (unpaired) electrons. The Labute approximate surface area is 179 Å². The van der Waals surface area contributed by atoms with E-state index in [0.29, 0.717) is 5.75 Å². The molecule has 0 aliphatic rings. The standard InChI is InChI=1S/C23H17IO3S/c24-21-15-16-26-22(21)23(25)27-17-11-13-20(14-12-17)28(18-7-3-1-4-8-18)19-9-5-2-6-10-19/h1-16,28H. The van der Waals surface area contributed by atoms with Crippen LogP contribution < -0.4 is 4.74 Å². The van der Waals surface area contributed by atoms with Crippen molar-refractivity contribution in [1.82, 2.24) is 0 Å². The van der Waals surface area contributed by atoms with Crippen LogP contribution in [0.15, 0.2) is 116 Å². The van der Waals surface area contributed by atoms with E-state index in [4.69, 9.17) is 9.15 Å². The van der Waals surface area contributed by atoms with Gasteiger partial charge < -0.3 is 9.15 Å². The van der Waals surface area contributed by atoms with Crippen molar-refractivity contribution in [2.75, 3.05) is 0 Å². The Morgan fingerprint density at radius 1 is 0.750 bits per heavy atom. The molecule has 0 atom stereocenters. The number of hydrogen-bond acceptors (Lipinski definition) is 3. The first-order valence-electron chi connectivity index (χ1n) is 8.68. The number of hydrogen-bond donors (Lipinski definition) is 1. The van der Waals surface area contributed by atoms with Crippen LogP contribution in [0.1, 0.15) is 10.6 Å². The highest BCUT2D eigenvalue weighted by Gasteiger charge is 2.17. The lowest BCUT2D eigenvalue weighted by Gasteiger charge is -2.23. The SMILES string of the molecule is O=C(Oc1ccc([SH](c2ccccc2)c2ccccc2)cc1)c1occc1I. The zero-order chi connectivity index (χ0) is 19.3. The van der Waals surface area contributed by atoms with Gasteiger partial charge in [0.25, 0.3) is 0 Å². The van der Waals surface area contributed by atoms with Crippen LogP contribution in [0.4, 0.5) is 0 Å². The maximum atomic E-state index is 12.2. The molecule has 3 aromatic carbocycles. The van der Waals surface area contributed by atoms with Crippen LogP contribution >= 0.6 is 33.5 Å². The summed E-state index contributed by atoms with van der Waals surface area (Å²) in [6, 6.07) is 30.4. The summed E-state index contributed by atoms with van der Waals surface area (Å²) >= 11 is 2.05. The molecule has 0 saturated heterocycles. The summed E-state index contributed by atoms with van der Waals surface area (Å²) in [6.45, 7) is 0. The molecule has 5 heteroatoms. The van der Waals surface area contributed by atoms with Crippen molar-refractivity contribution in [2.45, 2.75) is 14.7 Å². The van der Waals surface area contributed by atoms with E-state index in [1.165, 1.54) is 20.9 Å². The summed E-state index contributed by atoms with van der Waals surface area (Å²) in [6.07, 6.45) is 1.48. The topological polar surface area (TPSA) is 39.4 Å². The van der Waals surface area contributed by atoms with Crippen molar-refractivity contribution in [3.8, 4) is 5.75 Å².